The average molecular weight is 400 g/mol. The molecule has 10 heteroatoms. The Balaban J connectivity index is 2.08. The van der Waals surface area contributed by atoms with Crippen molar-refractivity contribution in [3.63, 3.8) is 0 Å². The minimum absolute atomic E-state index is 0.0108. The van der Waals surface area contributed by atoms with Crippen molar-refractivity contribution in [1.82, 2.24) is 0 Å². The van der Waals surface area contributed by atoms with Gasteiger partial charge >= 0.3 is 5.51 Å². The van der Waals surface area contributed by atoms with Crippen molar-refractivity contribution >= 4 is 9.84 Å². The summed E-state index contributed by atoms with van der Waals surface area (Å²) in [4.78, 5) is -1.36. The summed E-state index contributed by atoms with van der Waals surface area (Å²) in [5, 5.41) is 9.79. The molecule has 1 fully saturated rings. The van der Waals surface area contributed by atoms with Crippen molar-refractivity contribution in [3.05, 3.63) is 23.3 Å². The molecule has 1 aromatic rings. The summed E-state index contributed by atoms with van der Waals surface area (Å²) in [5.74, 6) is -3.89. The first-order chi connectivity index (χ1) is 11.7. The smallest absolute Gasteiger partial charge is 0.490 e. The molecule has 0 radical (unpaired) electrons. The average Bonchev–Trinajstić information content (AvgIpc) is 2.67. The van der Waals surface area contributed by atoms with E-state index in [0.717, 1.165) is 6.07 Å². The fraction of sp³-hybridized carbons (Fsp3) is 0.625. The number of ether oxygens (including phenoxy) is 1. The second-order valence-electron chi connectivity index (χ2n) is 7.56. The summed E-state index contributed by atoms with van der Waals surface area (Å²) in [6, 6.07) is 1.53. The maximum absolute atomic E-state index is 13.9. The van der Waals surface area contributed by atoms with Crippen LogP contribution < -0.4 is 4.74 Å². The van der Waals surface area contributed by atoms with Gasteiger partial charge in [0.1, 0.15) is 11.9 Å². The Bertz CT molecular complexity index is 837. The Labute approximate surface area is 146 Å². The standard InChI is InChI=1S/C16H17F5O4S/c1-14(2)5-8(6-14)25-10-3-4-11(26(23,24)16(19,20)21)12-9(10)7-15(17,18)13(12)22/h3-4,8,13,22H,5-7H2,1-2H3/t13-/m0/s1. The predicted molar refractivity (Wildman–Crippen MR) is 80.7 cm³/mol. The molecular formula is C16H17F5O4S. The van der Waals surface area contributed by atoms with Crippen molar-refractivity contribution in [2.45, 2.75) is 61.6 Å². The van der Waals surface area contributed by atoms with E-state index in [1.165, 1.54) is 0 Å². The van der Waals surface area contributed by atoms with Crippen LogP contribution in [0.3, 0.4) is 0 Å². The van der Waals surface area contributed by atoms with Gasteiger partial charge in [0.2, 0.25) is 0 Å². The highest BCUT2D eigenvalue weighted by Crippen LogP contribution is 2.51. The monoisotopic (exact) mass is 400 g/mol. The van der Waals surface area contributed by atoms with E-state index in [9.17, 15) is 35.5 Å². The Morgan fingerprint density at radius 1 is 1.19 bits per heavy atom. The third-order valence-corrected chi connectivity index (χ3v) is 6.35. The highest BCUT2D eigenvalue weighted by molar-refractivity contribution is 7.92. The van der Waals surface area contributed by atoms with Crippen molar-refractivity contribution in [2.75, 3.05) is 0 Å². The molecule has 0 saturated heterocycles. The summed E-state index contributed by atoms with van der Waals surface area (Å²) in [7, 11) is -5.89. The van der Waals surface area contributed by atoms with E-state index >= 15 is 0 Å². The zero-order chi connectivity index (χ0) is 19.7. The molecule has 0 heterocycles. The predicted octanol–water partition coefficient (Wildman–Crippen LogP) is 3.77. The maximum atomic E-state index is 13.9. The van der Waals surface area contributed by atoms with Gasteiger partial charge in [-0.05, 0) is 30.4 Å². The zero-order valence-corrected chi connectivity index (χ0v) is 14.7. The lowest BCUT2D eigenvalue weighted by Gasteiger charge is -2.42. The second-order valence-corrected chi connectivity index (χ2v) is 9.47. The molecule has 0 bridgehead atoms. The van der Waals surface area contributed by atoms with Crippen LogP contribution in [-0.4, -0.2) is 31.1 Å². The Hall–Kier alpha value is -1.42. The Morgan fingerprint density at radius 3 is 2.27 bits per heavy atom. The van der Waals surface area contributed by atoms with Crippen LogP contribution in [-0.2, 0) is 16.3 Å². The summed E-state index contributed by atoms with van der Waals surface area (Å²) in [6.45, 7) is 3.96. The van der Waals surface area contributed by atoms with Gasteiger partial charge < -0.3 is 9.84 Å². The molecule has 1 atom stereocenters. The first kappa shape index (κ1) is 19.3. The van der Waals surface area contributed by atoms with Gasteiger partial charge in [-0.15, -0.1) is 0 Å². The minimum Gasteiger partial charge on any atom is -0.490 e. The van der Waals surface area contributed by atoms with E-state index in [1.54, 1.807) is 0 Å². The highest BCUT2D eigenvalue weighted by Gasteiger charge is 2.55. The largest absolute Gasteiger partial charge is 0.501 e. The van der Waals surface area contributed by atoms with Crippen LogP contribution in [0.5, 0.6) is 5.75 Å². The molecule has 4 nitrogen and oxygen atoms in total. The Morgan fingerprint density at radius 2 is 1.77 bits per heavy atom. The van der Waals surface area contributed by atoms with E-state index in [0.29, 0.717) is 18.9 Å². The lowest BCUT2D eigenvalue weighted by molar-refractivity contribution is -0.0979. The molecule has 0 aliphatic heterocycles. The summed E-state index contributed by atoms with van der Waals surface area (Å²) < 4.78 is 95.6. The molecule has 3 rings (SSSR count). The van der Waals surface area contributed by atoms with Gasteiger partial charge in [-0.25, -0.2) is 17.2 Å². The van der Waals surface area contributed by atoms with Gasteiger partial charge in [-0.1, -0.05) is 13.8 Å². The van der Waals surface area contributed by atoms with E-state index in [4.69, 9.17) is 4.74 Å². The summed E-state index contributed by atoms with van der Waals surface area (Å²) in [6.07, 6.45) is -2.78. The number of benzene rings is 1. The number of halogens is 5. The highest BCUT2D eigenvalue weighted by atomic mass is 32.2. The van der Waals surface area contributed by atoms with E-state index in [2.05, 4.69) is 0 Å². The van der Waals surface area contributed by atoms with Crippen LogP contribution in [0.1, 0.15) is 43.9 Å². The van der Waals surface area contributed by atoms with Crippen molar-refractivity contribution in [2.24, 2.45) is 5.41 Å². The summed E-state index contributed by atoms with van der Waals surface area (Å²) >= 11 is 0. The van der Waals surface area contributed by atoms with Crippen molar-refractivity contribution in [1.29, 1.82) is 0 Å². The number of hydrogen-bond donors (Lipinski definition) is 1. The molecule has 146 valence electrons. The van der Waals surface area contributed by atoms with E-state index < -0.39 is 49.8 Å². The lowest BCUT2D eigenvalue weighted by atomic mass is 9.70. The quantitative estimate of drug-likeness (QED) is 0.785. The lowest BCUT2D eigenvalue weighted by Crippen LogP contribution is -2.40. The summed E-state index contributed by atoms with van der Waals surface area (Å²) in [5.41, 5.74) is -6.98. The number of aliphatic hydroxyl groups excluding tert-OH is 1. The van der Waals surface area contributed by atoms with E-state index in [1.807, 2.05) is 13.8 Å². The molecule has 0 aromatic heterocycles. The fourth-order valence-corrected chi connectivity index (χ4v) is 4.57. The SMILES string of the molecule is CC1(C)CC(Oc2ccc(S(=O)(=O)C(F)(F)F)c3c2CC(F)(F)[C@H]3O)C1. The molecule has 0 unspecified atom stereocenters. The number of rotatable bonds is 3. The van der Waals surface area contributed by atoms with Gasteiger partial charge in [0, 0.05) is 17.5 Å². The third-order valence-electron chi connectivity index (χ3n) is 4.81. The number of sulfone groups is 1. The molecule has 2 aliphatic carbocycles. The van der Waals surface area contributed by atoms with Gasteiger partial charge in [0.25, 0.3) is 15.8 Å². The van der Waals surface area contributed by atoms with E-state index in [-0.39, 0.29) is 17.3 Å². The van der Waals surface area contributed by atoms with Crippen LogP contribution in [0.2, 0.25) is 0 Å². The first-order valence-corrected chi connectivity index (χ1v) is 9.34. The topological polar surface area (TPSA) is 63.6 Å². The molecule has 2 aliphatic rings. The maximum Gasteiger partial charge on any atom is 0.501 e. The zero-order valence-electron chi connectivity index (χ0n) is 13.9. The molecule has 1 saturated carbocycles. The van der Waals surface area contributed by atoms with Gasteiger partial charge in [0.05, 0.1) is 11.0 Å². The fourth-order valence-electron chi connectivity index (χ4n) is 3.55. The van der Waals surface area contributed by atoms with Gasteiger partial charge in [0.15, 0.2) is 0 Å². The van der Waals surface area contributed by atoms with Gasteiger partial charge in [-0.2, -0.15) is 13.2 Å². The van der Waals surface area contributed by atoms with Crippen LogP contribution in [0, 0.1) is 5.41 Å². The molecule has 0 spiro atoms. The third kappa shape index (κ3) is 2.96. The van der Waals surface area contributed by atoms with Crippen LogP contribution >= 0.6 is 0 Å². The number of fused-ring (bicyclic) bond motifs is 1. The van der Waals surface area contributed by atoms with Crippen LogP contribution in [0.25, 0.3) is 0 Å². The number of alkyl halides is 5. The first-order valence-electron chi connectivity index (χ1n) is 7.85. The molecule has 26 heavy (non-hydrogen) atoms. The van der Waals surface area contributed by atoms with Crippen molar-refractivity contribution in [3.8, 4) is 5.75 Å². The van der Waals surface area contributed by atoms with Crippen molar-refractivity contribution < 1.29 is 40.2 Å². The number of aliphatic hydroxyl groups is 1. The number of hydrogen-bond acceptors (Lipinski definition) is 4. The molecule has 1 N–H and O–H groups in total. The molecule has 1 aromatic carbocycles. The van der Waals surface area contributed by atoms with Crippen LogP contribution in [0.4, 0.5) is 22.0 Å². The Kier molecular flexibility index (Phi) is 4.12. The normalized spacial score (nSPS) is 24.8. The molecular weight excluding hydrogens is 383 g/mol. The molecule has 0 amide bonds. The van der Waals surface area contributed by atoms with Crippen LogP contribution in [0.15, 0.2) is 17.0 Å². The second kappa shape index (κ2) is 5.54. The minimum atomic E-state index is -5.89. The van der Waals surface area contributed by atoms with Gasteiger partial charge in [-0.3, -0.25) is 0 Å².